The summed E-state index contributed by atoms with van der Waals surface area (Å²) in [6, 6.07) is 16.9. The lowest BCUT2D eigenvalue weighted by Gasteiger charge is -2.16. The molecule has 0 bridgehead atoms. The van der Waals surface area contributed by atoms with Gasteiger partial charge in [-0.1, -0.05) is 53.9 Å². The maximum Gasteiger partial charge on any atom is 0.148 e. The smallest absolute Gasteiger partial charge is 0.148 e. The van der Waals surface area contributed by atoms with Crippen molar-refractivity contribution in [3.05, 3.63) is 65.2 Å². The second-order valence-corrected chi connectivity index (χ2v) is 5.11. The molecule has 0 aliphatic heterocycles. The van der Waals surface area contributed by atoms with Crippen molar-refractivity contribution in [1.82, 2.24) is 5.32 Å². The van der Waals surface area contributed by atoms with E-state index in [2.05, 4.69) is 55.4 Å². The lowest BCUT2D eigenvalue weighted by molar-refractivity contribution is 0.364. The van der Waals surface area contributed by atoms with Crippen LogP contribution in [0.15, 0.2) is 48.5 Å². The first-order valence-corrected chi connectivity index (χ1v) is 7.15. The summed E-state index contributed by atoms with van der Waals surface area (Å²) in [5.74, 6) is 3.34. The van der Waals surface area contributed by atoms with Crippen LogP contribution < -0.4 is 10.1 Å². The maximum absolute atomic E-state index is 5.56. The van der Waals surface area contributed by atoms with Crippen molar-refractivity contribution < 1.29 is 4.74 Å². The summed E-state index contributed by atoms with van der Waals surface area (Å²) in [6.45, 7) is 5.30. The number of nitrogens with one attached hydrogen (secondary N) is 1. The Labute approximate surface area is 127 Å². The van der Waals surface area contributed by atoms with Crippen molar-refractivity contribution in [3.8, 4) is 18.1 Å². The van der Waals surface area contributed by atoms with Crippen LogP contribution in [-0.2, 0) is 6.54 Å². The minimum atomic E-state index is 0.284. The van der Waals surface area contributed by atoms with E-state index < -0.39 is 0 Å². The molecule has 0 amide bonds. The van der Waals surface area contributed by atoms with Gasteiger partial charge in [0.05, 0.1) is 0 Å². The van der Waals surface area contributed by atoms with Crippen LogP contribution in [0.25, 0.3) is 0 Å². The normalized spacial score (nSPS) is 11.7. The molecule has 0 saturated heterocycles. The number of rotatable bonds is 6. The van der Waals surface area contributed by atoms with Gasteiger partial charge in [0, 0.05) is 18.2 Å². The number of para-hydroxylation sites is 1. The molecular weight excluding hydrogens is 258 g/mol. The van der Waals surface area contributed by atoms with Gasteiger partial charge in [0.1, 0.15) is 12.4 Å². The molecule has 1 atom stereocenters. The standard InChI is InChI=1S/C19H21NO/c1-4-13-21-19-8-6-5-7-18(19)14-20-16(3)17-11-9-15(2)10-12-17/h1,5-12,16,20H,13-14H2,2-3H3/t16-/m0/s1. The summed E-state index contributed by atoms with van der Waals surface area (Å²) in [4.78, 5) is 0. The third-order valence-electron chi connectivity index (χ3n) is 3.46. The van der Waals surface area contributed by atoms with Crippen molar-refractivity contribution in [2.75, 3.05) is 6.61 Å². The minimum absolute atomic E-state index is 0.284. The Balaban J connectivity index is 1.99. The molecule has 0 radical (unpaired) electrons. The van der Waals surface area contributed by atoms with Gasteiger partial charge in [-0.15, -0.1) is 6.42 Å². The van der Waals surface area contributed by atoms with Crippen LogP contribution in [0, 0.1) is 19.3 Å². The predicted molar refractivity (Wildman–Crippen MR) is 87.2 cm³/mol. The highest BCUT2D eigenvalue weighted by Gasteiger charge is 2.07. The van der Waals surface area contributed by atoms with Gasteiger partial charge < -0.3 is 10.1 Å². The van der Waals surface area contributed by atoms with Crippen LogP contribution in [0.2, 0.25) is 0 Å². The molecule has 0 aliphatic rings. The second-order valence-electron chi connectivity index (χ2n) is 5.11. The molecule has 0 spiro atoms. The molecule has 2 rings (SSSR count). The highest BCUT2D eigenvalue weighted by Crippen LogP contribution is 2.20. The summed E-state index contributed by atoms with van der Waals surface area (Å²) in [6.07, 6.45) is 5.25. The molecule has 2 heteroatoms. The SMILES string of the molecule is C#CCOc1ccccc1CN[C@@H](C)c1ccc(C)cc1. The van der Waals surface area contributed by atoms with Gasteiger partial charge >= 0.3 is 0 Å². The Hall–Kier alpha value is -2.24. The van der Waals surface area contributed by atoms with E-state index in [0.29, 0.717) is 6.61 Å². The Kier molecular flexibility index (Phi) is 5.43. The molecule has 1 N–H and O–H groups in total. The van der Waals surface area contributed by atoms with Gasteiger partial charge in [0.2, 0.25) is 0 Å². The van der Waals surface area contributed by atoms with Crippen molar-refractivity contribution >= 4 is 0 Å². The lowest BCUT2D eigenvalue weighted by Crippen LogP contribution is -2.18. The van der Waals surface area contributed by atoms with Gasteiger partial charge in [-0.2, -0.15) is 0 Å². The molecule has 0 unspecified atom stereocenters. The first kappa shape index (κ1) is 15.2. The minimum Gasteiger partial charge on any atom is -0.481 e. The zero-order chi connectivity index (χ0) is 15.1. The average molecular weight is 279 g/mol. The largest absolute Gasteiger partial charge is 0.481 e. The van der Waals surface area contributed by atoms with Crippen molar-refractivity contribution in [1.29, 1.82) is 0 Å². The molecule has 21 heavy (non-hydrogen) atoms. The highest BCUT2D eigenvalue weighted by molar-refractivity contribution is 5.33. The van der Waals surface area contributed by atoms with Crippen LogP contribution in [0.4, 0.5) is 0 Å². The summed E-state index contributed by atoms with van der Waals surface area (Å²) in [5.41, 5.74) is 3.67. The van der Waals surface area contributed by atoms with E-state index >= 15 is 0 Å². The molecule has 0 saturated carbocycles. The van der Waals surface area contributed by atoms with E-state index in [1.807, 2.05) is 18.2 Å². The quantitative estimate of drug-likeness (QED) is 0.811. The van der Waals surface area contributed by atoms with Gasteiger partial charge in [-0.25, -0.2) is 0 Å². The zero-order valence-electron chi connectivity index (χ0n) is 12.6. The van der Waals surface area contributed by atoms with Gasteiger partial charge in [0.25, 0.3) is 0 Å². The summed E-state index contributed by atoms with van der Waals surface area (Å²) in [5, 5.41) is 3.52. The number of hydrogen-bond acceptors (Lipinski definition) is 2. The molecule has 0 aliphatic carbocycles. The third-order valence-corrected chi connectivity index (χ3v) is 3.46. The fraction of sp³-hybridized carbons (Fsp3) is 0.263. The summed E-state index contributed by atoms with van der Waals surface area (Å²) >= 11 is 0. The first-order chi connectivity index (χ1) is 10.2. The van der Waals surface area contributed by atoms with E-state index in [1.54, 1.807) is 0 Å². The second kappa shape index (κ2) is 7.52. The number of terminal acetylenes is 1. The Morgan fingerprint density at radius 2 is 1.86 bits per heavy atom. The Bertz CT molecular complexity index is 610. The van der Waals surface area contributed by atoms with Crippen LogP contribution in [-0.4, -0.2) is 6.61 Å². The molecule has 2 aromatic carbocycles. The highest BCUT2D eigenvalue weighted by atomic mass is 16.5. The van der Waals surface area contributed by atoms with Crippen molar-refractivity contribution in [2.45, 2.75) is 26.4 Å². The van der Waals surface area contributed by atoms with Crippen LogP contribution in [0.1, 0.15) is 29.7 Å². The predicted octanol–water partition coefficient (Wildman–Crippen LogP) is 3.86. The van der Waals surface area contributed by atoms with Crippen molar-refractivity contribution in [2.24, 2.45) is 0 Å². The van der Waals surface area contributed by atoms with E-state index in [9.17, 15) is 0 Å². The van der Waals surface area contributed by atoms with Gasteiger partial charge in [-0.05, 0) is 25.5 Å². The maximum atomic E-state index is 5.56. The number of aryl methyl sites for hydroxylation is 1. The fourth-order valence-electron chi connectivity index (χ4n) is 2.15. The molecule has 2 nitrogen and oxygen atoms in total. The van der Waals surface area contributed by atoms with E-state index in [-0.39, 0.29) is 6.04 Å². The van der Waals surface area contributed by atoms with Crippen LogP contribution in [0.3, 0.4) is 0 Å². The van der Waals surface area contributed by atoms with Gasteiger partial charge in [-0.3, -0.25) is 0 Å². The molecule has 108 valence electrons. The topological polar surface area (TPSA) is 21.3 Å². The number of hydrogen-bond donors (Lipinski definition) is 1. The monoisotopic (exact) mass is 279 g/mol. The molecule has 0 fully saturated rings. The summed E-state index contributed by atoms with van der Waals surface area (Å²) < 4.78 is 5.56. The van der Waals surface area contributed by atoms with Crippen LogP contribution in [0.5, 0.6) is 5.75 Å². The lowest BCUT2D eigenvalue weighted by atomic mass is 10.1. The molecule has 0 aromatic heterocycles. The Morgan fingerprint density at radius 3 is 2.57 bits per heavy atom. The molecule has 0 heterocycles. The molecular formula is C19H21NO. The first-order valence-electron chi connectivity index (χ1n) is 7.15. The third kappa shape index (κ3) is 4.37. The zero-order valence-corrected chi connectivity index (χ0v) is 12.6. The van der Waals surface area contributed by atoms with Crippen LogP contribution >= 0.6 is 0 Å². The number of ether oxygens (including phenoxy) is 1. The average Bonchev–Trinajstić information content (AvgIpc) is 2.52. The number of benzene rings is 2. The molecule has 2 aromatic rings. The van der Waals surface area contributed by atoms with Gasteiger partial charge in [0.15, 0.2) is 0 Å². The van der Waals surface area contributed by atoms with E-state index in [0.717, 1.165) is 17.9 Å². The Morgan fingerprint density at radius 1 is 1.14 bits per heavy atom. The van der Waals surface area contributed by atoms with Crippen molar-refractivity contribution in [3.63, 3.8) is 0 Å². The summed E-state index contributed by atoms with van der Waals surface area (Å²) in [7, 11) is 0. The fourth-order valence-corrected chi connectivity index (χ4v) is 2.15. The van der Waals surface area contributed by atoms with E-state index in [1.165, 1.54) is 11.1 Å². The van der Waals surface area contributed by atoms with E-state index in [4.69, 9.17) is 11.2 Å².